The molecular formula is C21H20BrN3O2S. The number of ether oxygens (including phenoxy) is 1. The highest BCUT2D eigenvalue weighted by Gasteiger charge is 2.15. The van der Waals surface area contributed by atoms with Crippen LogP contribution in [0, 0.1) is 0 Å². The predicted molar refractivity (Wildman–Crippen MR) is 116 cm³/mol. The Kier molecular flexibility index (Phi) is 6.70. The van der Waals surface area contributed by atoms with Crippen molar-refractivity contribution in [3.05, 3.63) is 70.7 Å². The highest BCUT2D eigenvalue weighted by molar-refractivity contribution is 9.10. The van der Waals surface area contributed by atoms with E-state index in [0.717, 1.165) is 32.3 Å². The topological polar surface area (TPSA) is 57.0 Å². The molecule has 144 valence electrons. The zero-order valence-electron chi connectivity index (χ0n) is 15.7. The maximum Gasteiger partial charge on any atom is 0.192 e. The molecule has 0 aliphatic heterocycles. The Bertz CT molecular complexity index is 999. The number of thioether (sulfide) groups is 1. The van der Waals surface area contributed by atoms with Crippen molar-refractivity contribution in [3.8, 4) is 17.1 Å². The monoisotopic (exact) mass is 457 g/mol. The van der Waals surface area contributed by atoms with Gasteiger partial charge in [0.2, 0.25) is 0 Å². The van der Waals surface area contributed by atoms with Crippen molar-refractivity contribution in [2.75, 3.05) is 7.11 Å². The predicted octanol–water partition coefficient (Wildman–Crippen LogP) is 5.40. The lowest BCUT2D eigenvalue weighted by Crippen LogP contribution is -2.01. The van der Waals surface area contributed by atoms with E-state index in [1.807, 2.05) is 47.0 Å². The zero-order valence-corrected chi connectivity index (χ0v) is 18.1. The number of nitrogens with zero attached hydrogens (tertiary/aromatic N) is 3. The number of hydrogen-bond acceptors (Lipinski definition) is 5. The van der Waals surface area contributed by atoms with Gasteiger partial charge in [-0.1, -0.05) is 45.9 Å². The third-order valence-corrected chi connectivity index (χ3v) is 5.72. The highest BCUT2D eigenvalue weighted by Crippen LogP contribution is 2.30. The molecule has 0 saturated heterocycles. The van der Waals surface area contributed by atoms with E-state index in [1.165, 1.54) is 0 Å². The maximum absolute atomic E-state index is 11.7. The van der Waals surface area contributed by atoms with Gasteiger partial charge in [-0.25, -0.2) is 0 Å². The minimum Gasteiger partial charge on any atom is -0.496 e. The van der Waals surface area contributed by atoms with Crippen LogP contribution in [0.4, 0.5) is 0 Å². The van der Waals surface area contributed by atoms with Gasteiger partial charge in [0, 0.05) is 33.5 Å². The number of allylic oxidation sites excluding steroid dienone is 1. The molecule has 28 heavy (non-hydrogen) atoms. The van der Waals surface area contributed by atoms with Crippen LogP contribution < -0.4 is 4.74 Å². The fourth-order valence-electron chi connectivity index (χ4n) is 2.75. The molecule has 5 nitrogen and oxygen atoms in total. The summed E-state index contributed by atoms with van der Waals surface area (Å²) in [6.07, 6.45) is 1.83. The van der Waals surface area contributed by atoms with Gasteiger partial charge < -0.3 is 4.74 Å². The first-order valence-corrected chi connectivity index (χ1v) is 10.4. The summed E-state index contributed by atoms with van der Waals surface area (Å²) < 4.78 is 8.49. The molecule has 0 radical (unpaired) electrons. The summed E-state index contributed by atoms with van der Waals surface area (Å²) in [5.41, 5.74) is 2.60. The fourth-order valence-corrected chi connectivity index (χ4v) is 3.94. The number of benzene rings is 2. The van der Waals surface area contributed by atoms with E-state index in [1.54, 1.807) is 31.9 Å². The van der Waals surface area contributed by atoms with E-state index in [2.05, 4.69) is 32.7 Å². The second-order valence-corrected chi connectivity index (χ2v) is 7.94. The van der Waals surface area contributed by atoms with Crippen molar-refractivity contribution >= 4 is 33.5 Å². The summed E-state index contributed by atoms with van der Waals surface area (Å²) in [6.45, 7) is 6.01. The van der Waals surface area contributed by atoms with Crippen LogP contribution in [0.25, 0.3) is 11.4 Å². The minimum absolute atomic E-state index is 0.0289. The average Bonchev–Trinajstić information content (AvgIpc) is 3.09. The van der Waals surface area contributed by atoms with E-state index in [-0.39, 0.29) is 5.78 Å². The van der Waals surface area contributed by atoms with E-state index in [9.17, 15) is 4.79 Å². The van der Waals surface area contributed by atoms with Gasteiger partial charge in [-0.15, -0.1) is 16.8 Å². The lowest BCUT2D eigenvalue weighted by Gasteiger charge is -2.11. The Morgan fingerprint density at radius 1 is 1.25 bits per heavy atom. The Labute approximate surface area is 177 Å². The van der Waals surface area contributed by atoms with Gasteiger partial charge in [-0.05, 0) is 37.3 Å². The van der Waals surface area contributed by atoms with Gasteiger partial charge in [-0.2, -0.15) is 0 Å². The standard InChI is InChI=1S/C21H20BrN3O2S/c1-4-11-25-20(15-5-8-18(22)9-6-15)23-24-21(25)28-13-17-12-16(14(2)26)7-10-19(17)27-3/h4-10,12H,1,11,13H2,2-3H3. The van der Waals surface area contributed by atoms with Gasteiger partial charge in [-0.3, -0.25) is 9.36 Å². The summed E-state index contributed by atoms with van der Waals surface area (Å²) in [5, 5.41) is 9.53. The zero-order chi connectivity index (χ0) is 20.1. The van der Waals surface area contributed by atoms with Crippen molar-refractivity contribution in [1.82, 2.24) is 14.8 Å². The van der Waals surface area contributed by atoms with Crippen LogP contribution >= 0.6 is 27.7 Å². The maximum atomic E-state index is 11.7. The third kappa shape index (κ3) is 4.54. The SMILES string of the molecule is C=CCn1c(SCc2cc(C(C)=O)ccc2OC)nnc1-c1ccc(Br)cc1. The third-order valence-electron chi connectivity index (χ3n) is 4.17. The summed E-state index contributed by atoms with van der Waals surface area (Å²) in [7, 11) is 1.63. The smallest absolute Gasteiger partial charge is 0.192 e. The number of Topliss-reactive ketones (excluding diaryl/α,β-unsaturated/α-hetero) is 1. The Morgan fingerprint density at radius 3 is 2.64 bits per heavy atom. The van der Waals surface area contributed by atoms with Crippen LogP contribution in [0.15, 0.2) is 64.7 Å². The van der Waals surface area contributed by atoms with Gasteiger partial charge >= 0.3 is 0 Å². The van der Waals surface area contributed by atoms with Crippen molar-refractivity contribution in [2.24, 2.45) is 0 Å². The molecule has 0 atom stereocenters. The van der Waals surface area contributed by atoms with Crippen molar-refractivity contribution in [3.63, 3.8) is 0 Å². The van der Waals surface area contributed by atoms with Gasteiger partial charge in [0.25, 0.3) is 0 Å². The molecule has 0 N–H and O–H groups in total. The van der Waals surface area contributed by atoms with Crippen molar-refractivity contribution in [1.29, 1.82) is 0 Å². The first kappa shape index (κ1) is 20.4. The van der Waals surface area contributed by atoms with Crippen LogP contribution in [0.2, 0.25) is 0 Å². The van der Waals surface area contributed by atoms with E-state index >= 15 is 0 Å². The molecule has 0 aliphatic carbocycles. The van der Waals surface area contributed by atoms with E-state index in [4.69, 9.17) is 4.74 Å². The second kappa shape index (κ2) is 9.21. The minimum atomic E-state index is 0.0289. The number of aromatic nitrogens is 3. The fraction of sp³-hybridized carbons (Fsp3) is 0.190. The Balaban J connectivity index is 1.89. The molecule has 0 saturated carbocycles. The number of carbonyl (C=O) groups is 1. The molecule has 3 aromatic rings. The molecular weight excluding hydrogens is 438 g/mol. The summed E-state index contributed by atoms with van der Waals surface area (Å²) in [4.78, 5) is 11.7. The normalized spacial score (nSPS) is 10.7. The molecule has 0 fully saturated rings. The van der Waals surface area contributed by atoms with E-state index in [0.29, 0.717) is 17.9 Å². The van der Waals surface area contributed by atoms with Crippen LogP contribution in [0.1, 0.15) is 22.8 Å². The number of ketones is 1. The van der Waals surface area contributed by atoms with Crippen LogP contribution in [-0.4, -0.2) is 27.7 Å². The van der Waals surface area contributed by atoms with Crippen molar-refractivity contribution < 1.29 is 9.53 Å². The number of halogens is 1. The van der Waals surface area contributed by atoms with Crippen LogP contribution in [0.3, 0.4) is 0 Å². The summed E-state index contributed by atoms with van der Waals surface area (Å²) in [5.74, 6) is 2.18. The van der Waals surface area contributed by atoms with Crippen molar-refractivity contribution in [2.45, 2.75) is 24.4 Å². The summed E-state index contributed by atoms with van der Waals surface area (Å²) in [6, 6.07) is 13.4. The molecule has 1 aromatic heterocycles. The molecule has 0 aliphatic rings. The molecule has 1 heterocycles. The van der Waals surface area contributed by atoms with Crippen LogP contribution in [-0.2, 0) is 12.3 Å². The molecule has 0 bridgehead atoms. The van der Waals surface area contributed by atoms with Crippen LogP contribution in [0.5, 0.6) is 5.75 Å². The number of methoxy groups -OCH3 is 1. The Hall–Kier alpha value is -2.38. The first-order chi connectivity index (χ1) is 13.5. The Morgan fingerprint density at radius 2 is 2.00 bits per heavy atom. The lowest BCUT2D eigenvalue weighted by atomic mass is 10.1. The van der Waals surface area contributed by atoms with Gasteiger partial charge in [0.15, 0.2) is 16.8 Å². The van der Waals surface area contributed by atoms with E-state index < -0.39 is 0 Å². The average molecular weight is 458 g/mol. The molecule has 0 spiro atoms. The number of carbonyl (C=O) groups excluding carboxylic acids is 1. The summed E-state index contributed by atoms with van der Waals surface area (Å²) >= 11 is 5.00. The molecule has 7 heteroatoms. The molecule has 2 aromatic carbocycles. The van der Waals surface area contributed by atoms with Gasteiger partial charge in [0.05, 0.1) is 7.11 Å². The lowest BCUT2D eigenvalue weighted by molar-refractivity contribution is 0.101. The molecule has 3 rings (SSSR count). The number of rotatable bonds is 8. The molecule has 0 unspecified atom stereocenters. The molecule has 0 amide bonds. The quantitative estimate of drug-likeness (QED) is 0.257. The number of hydrogen-bond donors (Lipinski definition) is 0. The second-order valence-electron chi connectivity index (χ2n) is 6.08. The highest BCUT2D eigenvalue weighted by atomic mass is 79.9. The van der Waals surface area contributed by atoms with Gasteiger partial charge in [0.1, 0.15) is 5.75 Å². The first-order valence-electron chi connectivity index (χ1n) is 8.64. The largest absolute Gasteiger partial charge is 0.496 e.